The highest BCUT2D eigenvalue weighted by Gasteiger charge is 2.07. The van der Waals surface area contributed by atoms with Gasteiger partial charge in [-0.2, -0.15) is 0 Å². The summed E-state index contributed by atoms with van der Waals surface area (Å²) in [4.78, 5) is 11.5. The molecule has 0 aliphatic heterocycles. The van der Waals surface area contributed by atoms with Gasteiger partial charge in [-0.3, -0.25) is 0 Å². The lowest BCUT2D eigenvalue weighted by Gasteiger charge is -2.05. The molecule has 0 heterocycles. The van der Waals surface area contributed by atoms with Crippen LogP contribution < -0.4 is 4.74 Å². The number of rotatable bonds is 5. The van der Waals surface area contributed by atoms with Crippen LogP contribution in [0.1, 0.15) is 27.0 Å². The molecule has 0 unspecified atom stereocenters. The number of carbonyl (C=O) groups is 1. The molecule has 4 heteroatoms. The molecule has 0 amide bonds. The van der Waals surface area contributed by atoms with Crippen LogP contribution in [0.25, 0.3) is 6.08 Å². The molecule has 0 N–H and O–H groups in total. The predicted molar refractivity (Wildman–Crippen MR) is 96.0 cm³/mol. The lowest BCUT2D eigenvalue weighted by molar-refractivity contribution is 0.0600. The molecule has 0 atom stereocenters. The number of carbonyl (C=O) groups excluding carboxylic acids is 1. The Morgan fingerprint density at radius 2 is 1.96 bits per heavy atom. The van der Waals surface area contributed by atoms with Gasteiger partial charge in [0.1, 0.15) is 5.75 Å². The van der Waals surface area contributed by atoms with Crippen molar-refractivity contribution in [2.75, 3.05) is 14.2 Å². The van der Waals surface area contributed by atoms with E-state index in [-0.39, 0.29) is 5.97 Å². The van der Waals surface area contributed by atoms with Crippen molar-refractivity contribution >= 4 is 28.0 Å². The largest absolute Gasteiger partial charge is 0.497 e. The van der Waals surface area contributed by atoms with Crippen LogP contribution in [-0.4, -0.2) is 20.2 Å². The Balaban J connectivity index is 2.12. The van der Waals surface area contributed by atoms with Gasteiger partial charge < -0.3 is 9.47 Å². The van der Waals surface area contributed by atoms with E-state index < -0.39 is 0 Å². The van der Waals surface area contributed by atoms with Gasteiger partial charge in [-0.15, -0.1) is 0 Å². The van der Waals surface area contributed by atoms with Gasteiger partial charge in [0.2, 0.25) is 0 Å². The van der Waals surface area contributed by atoms with Crippen molar-refractivity contribution < 1.29 is 14.3 Å². The van der Waals surface area contributed by atoms with Gasteiger partial charge in [0.15, 0.2) is 0 Å². The van der Waals surface area contributed by atoms with Crippen LogP contribution in [0.5, 0.6) is 5.75 Å². The Hall–Kier alpha value is -2.07. The molecule has 0 aromatic heterocycles. The van der Waals surface area contributed by atoms with E-state index in [0.29, 0.717) is 5.56 Å². The van der Waals surface area contributed by atoms with Gasteiger partial charge in [-0.25, -0.2) is 4.79 Å². The lowest BCUT2D eigenvalue weighted by Crippen LogP contribution is -2.00. The lowest BCUT2D eigenvalue weighted by atomic mass is 10.1. The summed E-state index contributed by atoms with van der Waals surface area (Å²) < 4.78 is 10.9. The molecule has 0 bridgehead atoms. The Morgan fingerprint density at radius 1 is 1.17 bits per heavy atom. The van der Waals surface area contributed by atoms with Crippen molar-refractivity contribution in [1.82, 2.24) is 0 Å². The topological polar surface area (TPSA) is 35.5 Å². The summed E-state index contributed by atoms with van der Waals surface area (Å²) in [6.45, 7) is 2.05. The molecule has 2 aromatic carbocycles. The molecule has 0 aliphatic rings. The third-order valence-corrected chi connectivity index (χ3v) is 4.11. The fourth-order valence-electron chi connectivity index (χ4n) is 2.29. The number of aryl methyl sites for hydroxylation is 1. The molecule has 2 rings (SSSR count). The highest BCUT2D eigenvalue weighted by molar-refractivity contribution is 9.10. The van der Waals surface area contributed by atoms with E-state index in [1.807, 2.05) is 24.3 Å². The summed E-state index contributed by atoms with van der Waals surface area (Å²) in [5.41, 5.74) is 3.91. The molecule has 23 heavy (non-hydrogen) atoms. The molecule has 0 saturated heterocycles. The second-order valence-electron chi connectivity index (χ2n) is 5.19. The maximum absolute atomic E-state index is 11.5. The van der Waals surface area contributed by atoms with Crippen LogP contribution in [0.4, 0.5) is 0 Å². The number of benzene rings is 2. The van der Waals surface area contributed by atoms with Gasteiger partial charge in [0.05, 0.1) is 19.8 Å². The predicted octanol–water partition coefficient (Wildman–Crippen LogP) is 4.81. The molecule has 0 spiro atoms. The summed E-state index contributed by atoms with van der Waals surface area (Å²) >= 11 is 3.49. The smallest absolute Gasteiger partial charge is 0.337 e. The summed E-state index contributed by atoms with van der Waals surface area (Å²) in [6.07, 6.45) is 4.93. The van der Waals surface area contributed by atoms with Crippen molar-refractivity contribution in [2.24, 2.45) is 0 Å². The summed E-state index contributed by atoms with van der Waals surface area (Å²) in [6, 6.07) is 11.6. The number of hydrogen-bond acceptors (Lipinski definition) is 3. The Labute approximate surface area is 145 Å². The molecular formula is C19H19BrO3. The standard InChI is InChI=1S/C19H19BrO3/c1-13-9-14(11-17(10-13)22-2)5-4-6-15-7-8-16(12-18(15)20)19(21)23-3/h4,6-12H,5H2,1-3H3/b6-4+. The van der Waals surface area contributed by atoms with Crippen LogP contribution in [-0.2, 0) is 11.2 Å². The third-order valence-electron chi connectivity index (χ3n) is 3.42. The van der Waals surface area contributed by atoms with E-state index in [1.165, 1.54) is 18.2 Å². The quantitative estimate of drug-likeness (QED) is 0.704. The zero-order valence-corrected chi connectivity index (χ0v) is 15.0. The van der Waals surface area contributed by atoms with Crippen molar-refractivity contribution in [3.05, 3.63) is 69.2 Å². The molecule has 0 aliphatic carbocycles. The molecule has 0 saturated carbocycles. The summed E-state index contributed by atoms with van der Waals surface area (Å²) in [7, 11) is 3.05. The Kier molecular flexibility index (Phi) is 5.99. The average molecular weight is 375 g/mol. The first kappa shape index (κ1) is 17.3. The van der Waals surface area contributed by atoms with E-state index in [2.05, 4.69) is 35.0 Å². The minimum Gasteiger partial charge on any atom is -0.497 e. The molecule has 0 radical (unpaired) electrons. The molecule has 0 fully saturated rings. The van der Waals surface area contributed by atoms with Gasteiger partial charge in [-0.05, 0) is 54.3 Å². The zero-order valence-electron chi connectivity index (χ0n) is 13.4. The zero-order chi connectivity index (χ0) is 16.8. The van der Waals surface area contributed by atoms with Crippen LogP contribution in [0.2, 0.25) is 0 Å². The van der Waals surface area contributed by atoms with Gasteiger partial charge in [0.25, 0.3) is 0 Å². The van der Waals surface area contributed by atoms with E-state index in [0.717, 1.165) is 22.2 Å². The molecular weight excluding hydrogens is 356 g/mol. The highest BCUT2D eigenvalue weighted by Crippen LogP contribution is 2.22. The van der Waals surface area contributed by atoms with Crippen molar-refractivity contribution in [1.29, 1.82) is 0 Å². The average Bonchev–Trinajstić information content (AvgIpc) is 2.55. The van der Waals surface area contributed by atoms with E-state index in [9.17, 15) is 4.79 Å². The van der Waals surface area contributed by atoms with Crippen LogP contribution >= 0.6 is 15.9 Å². The monoisotopic (exact) mass is 374 g/mol. The maximum Gasteiger partial charge on any atom is 0.337 e. The van der Waals surface area contributed by atoms with E-state index >= 15 is 0 Å². The second kappa shape index (κ2) is 7.97. The number of esters is 1. The summed E-state index contributed by atoms with van der Waals surface area (Å²) in [5.74, 6) is 0.532. The maximum atomic E-state index is 11.5. The number of hydrogen-bond donors (Lipinski definition) is 0. The number of ether oxygens (including phenoxy) is 2. The number of halogens is 1. The Bertz CT molecular complexity index is 735. The fourth-order valence-corrected chi connectivity index (χ4v) is 2.80. The van der Waals surface area contributed by atoms with Gasteiger partial charge in [-0.1, -0.05) is 40.2 Å². The van der Waals surface area contributed by atoms with Crippen LogP contribution in [0, 0.1) is 6.92 Å². The van der Waals surface area contributed by atoms with Crippen molar-refractivity contribution in [3.63, 3.8) is 0 Å². The molecule has 3 nitrogen and oxygen atoms in total. The van der Waals surface area contributed by atoms with E-state index in [4.69, 9.17) is 9.47 Å². The third kappa shape index (κ3) is 4.70. The van der Waals surface area contributed by atoms with Gasteiger partial charge in [0, 0.05) is 4.47 Å². The molecule has 120 valence electrons. The number of allylic oxidation sites excluding steroid dienone is 1. The SMILES string of the molecule is COC(=O)c1ccc(/C=C/Cc2cc(C)cc(OC)c2)c(Br)c1. The van der Waals surface area contributed by atoms with Crippen molar-refractivity contribution in [2.45, 2.75) is 13.3 Å². The second-order valence-corrected chi connectivity index (χ2v) is 6.05. The first-order valence-corrected chi connectivity index (χ1v) is 8.01. The minimum atomic E-state index is -0.340. The normalized spacial score (nSPS) is 10.8. The minimum absolute atomic E-state index is 0.340. The van der Waals surface area contributed by atoms with Crippen LogP contribution in [0.3, 0.4) is 0 Å². The molecule has 2 aromatic rings. The summed E-state index contributed by atoms with van der Waals surface area (Å²) in [5, 5.41) is 0. The van der Waals surface area contributed by atoms with Gasteiger partial charge >= 0.3 is 5.97 Å². The van der Waals surface area contributed by atoms with Crippen LogP contribution in [0.15, 0.2) is 46.9 Å². The first-order chi connectivity index (χ1) is 11.0. The Morgan fingerprint density at radius 3 is 2.61 bits per heavy atom. The highest BCUT2D eigenvalue weighted by atomic mass is 79.9. The number of methoxy groups -OCH3 is 2. The fraction of sp³-hybridized carbons (Fsp3) is 0.211. The van der Waals surface area contributed by atoms with E-state index in [1.54, 1.807) is 19.2 Å². The first-order valence-electron chi connectivity index (χ1n) is 7.22. The van der Waals surface area contributed by atoms with Crippen molar-refractivity contribution in [3.8, 4) is 5.75 Å².